The average molecular weight is 228 g/mol. The first kappa shape index (κ1) is 12.4. The summed E-state index contributed by atoms with van der Waals surface area (Å²) in [5.41, 5.74) is 5.63. The van der Waals surface area contributed by atoms with Crippen LogP contribution in [0.2, 0.25) is 0 Å². The summed E-state index contributed by atoms with van der Waals surface area (Å²) in [6, 6.07) is 0. The number of nitrogens with zero attached hydrogens (tertiary/aromatic N) is 1. The maximum atomic E-state index is 11.7. The highest BCUT2D eigenvalue weighted by Gasteiger charge is 2.36. The highest BCUT2D eigenvalue weighted by atomic mass is 32.1. The Morgan fingerprint density at radius 2 is 2.20 bits per heavy atom. The summed E-state index contributed by atoms with van der Waals surface area (Å²) < 4.78 is 0. The second kappa shape index (κ2) is 4.47. The quantitative estimate of drug-likeness (QED) is 0.746. The summed E-state index contributed by atoms with van der Waals surface area (Å²) in [5, 5.41) is 0. The fourth-order valence-corrected chi connectivity index (χ4v) is 1.90. The van der Waals surface area contributed by atoms with Crippen LogP contribution in [-0.4, -0.2) is 28.9 Å². The van der Waals surface area contributed by atoms with Gasteiger partial charge in [-0.2, -0.15) is 0 Å². The molecule has 0 saturated carbocycles. The van der Waals surface area contributed by atoms with Crippen LogP contribution in [0.1, 0.15) is 33.6 Å². The molecule has 0 spiro atoms. The van der Waals surface area contributed by atoms with Crippen LogP contribution >= 0.6 is 12.2 Å². The van der Waals surface area contributed by atoms with Gasteiger partial charge in [0, 0.05) is 25.9 Å². The number of likely N-dealkylation sites (tertiary alicyclic amines) is 1. The van der Waals surface area contributed by atoms with Gasteiger partial charge in [0.05, 0.1) is 4.99 Å². The fraction of sp³-hybridized carbons (Fsp3) is 0.818. The maximum Gasteiger partial charge on any atom is 0.222 e. The minimum Gasteiger partial charge on any atom is -0.393 e. The van der Waals surface area contributed by atoms with Crippen molar-refractivity contribution in [2.45, 2.75) is 33.6 Å². The Morgan fingerprint density at radius 3 is 2.60 bits per heavy atom. The molecule has 0 aromatic rings. The zero-order valence-corrected chi connectivity index (χ0v) is 10.6. The number of carbonyl (C=O) groups excluding carboxylic acids is 1. The minimum absolute atomic E-state index is 0.202. The van der Waals surface area contributed by atoms with E-state index in [0.29, 0.717) is 30.3 Å². The normalized spacial score (nSPS) is 22.2. The fourth-order valence-electron chi connectivity index (χ4n) is 1.81. The van der Waals surface area contributed by atoms with Crippen molar-refractivity contribution in [1.82, 2.24) is 4.90 Å². The van der Waals surface area contributed by atoms with Gasteiger partial charge in [-0.3, -0.25) is 4.79 Å². The number of carbonyl (C=O) groups is 1. The molecule has 1 rings (SSSR count). The average Bonchev–Trinajstić information content (AvgIpc) is 2.42. The SMILES string of the molecule is CC(C)(C)C1CC(=O)N(CCC(N)=S)C1. The number of thiocarbonyl (C=S) groups is 1. The van der Waals surface area contributed by atoms with Crippen molar-refractivity contribution in [1.29, 1.82) is 0 Å². The van der Waals surface area contributed by atoms with E-state index in [1.165, 1.54) is 0 Å². The molecule has 1 saturated heterocycles. The third kappa shape index (κ3) is 3.45. The molecular weight excluding hydrogens is 208 g/mol. The van der Waals surface area contributed by atoms with Crippen molar-refractivity contribution in [2.24, 2.45) is 17.1 Å². The Morgan fingerprint density at radius 1 is 1.60 bits per heavy atom. The van der Waals surface area contributed by atoms with Crippen LogP contribution in [0.15, 0.2) is 0 Å². The molecule has 1 atom stereocenters. The molecule has 1 unspecified atom stereocenters. The van der Waals surface area contributed by atoms with Gasteiger partial charge >= 0.3 is 0 Å². The van der Waals surface area contributed by atoms with Gasteiger partial charge in [0.15, 0.2) is 0 Å². The molecule has 86 valence electrons. The third-order valence-electron chi connectivity index (χ3n) is 3.07. The van der Waals surface area contributed by atoms with Crippen molar-refractivity contribution in [2.75, 3.05) is 13.1 Å². The number of nitrogens with two attached hydrogens (primary N) is 1. The van der Waals surface area contributed by atoms with Crippen molar-refractivity contribution >= 4 is 23.1 Å². The van der Waals surface area contributed by atoms with Gasteiger partial charge in [0.25, 0.3) is 0 Å². The van der Waals surface area contributed by atoms with Crippen LogP contribution in [0.4, 0.5) is 0 Å². The van der Waals surface area contributed by atoms with Gasteiger partial charge in [-0.1, -0.05) is 33.0 Å². The zero-order valence-electron chi connectivity index (χ0n) is 9.75. The minimum atomic E-state index is 0.202. The molecule has 1 heterocycles. The molecule has 4 heteroatoms. The summed E-state index contributed by atoms with van der Waals surface area (Å²) in [7, 11) is 0. The van der Waals surface area contributed by atoms with Gasteiger partial charge in [0.2, 0.25) is 5.91 Å². The molecule has 0 bridgehead atoms. The Hall–Kier alpha value is -0.640. The second-order valence-corrected chi connectivity index (χ2v) is 5.85. The molecule has 0 aromatic heterocycles. The van der Waals surface area contributed by atoms with E-state index in [1.807, 2.05) is 4.90 Å². The van der Waals surface area contributed by atoms with Crippen LogP contribution < -0.4 is 5.73 Å². The highest BCUT2D eigenvalue weighted by Crippen LogP contribution is 2.34. The number of hydrogen-bond donors (Lipinski definition) is 1. The van der Waals surface area contributed by atoms with Crippen LogP contribution in [0.3, 0.4) is 0 Å². The molecule has 0 aliphatic carbocycles. The molecule has 1 aliphatic rings. The second-order valence-electron chi connectivity index (χ2n) is 5.32. The lowest BCUT2D eigenvalue weighted by atomic mass is 9.80. The summed E-state index contributed by atoms with van der Waals surface area (Å²) >= 11 is 4.81. The largest absolute Gasteiger partial charge is 0.393 e. The van der Waals surface area contributed by atoms with Crippen molar-refractivity contribution in [3.63, 3.8) is 0 Å². The first-order valence-electron chi connectivity index (χ1n) is 5.37. The van der Waals surface area contributed by atoms with E-state index < -0.39 is 0 Å². The van der Waals surface area contributed by atoms with Gasteiger partial charge < -0.3 is 10.6 Å². The van der Waals surface area contributed by atoms with Gasteiger partial charge in [0.1, 0.15) is 0 Å². The van der Waals surface area contributed by atoms with Crippen LogP contribution in [-0.2, 0) is 4.79 Å². The molecule has 1 amide bonds. The maximum absolute atomic E-state index is 11.7. The number of rotatable bonds is 3. The smallest absolute Gasteiger partial charge is 0.222 e. The Bertz CT molecular complexity index is 270. The van der Waals surface area contributed by atoms with E-state index >= 15 is 0 Å². The Labute approximate surface area is 97.0 Å². The first-order valence-corrected chi connectivity index (χ1v) is 5.77. The Balaban J connectivity index is 2.50. The van der Waals surface area contributed by atoms with Gasteiger partial charge in [-0.05, 0) is 11.3 Å². The van der Waals surface area contributed by atoms with Crippen molar-refractivity contribution in [3.05, 3.63) is 0 Å². The number of amides is 1. The zero-order chi connectivity index (χ0) is 11.6. The van der Waals surface area contributed by atoms with Gasteiger partial charge in [-0.25, -0.2) is 0 Å². The van der Waals surface area contributed by atoms with Gasteiger partial charge in [-0.15, -0.1) is 0 Å². The lowest BCUT2D eigenvalue weighted by Gasteiger charge is -2.26. The summed E-state index contributed by atoms with van der Waals surface area (Å²) in [4.78, 5) is 14.1. The summed E-state index contributed by atoms with van der Waals surface area (Å²) in [5.74, 6) is 0.697. The van der Waals surface area contributed by atoms with E-state index in [4.69, 9.17) is 18.0 Å². The lowest BCUT2D eigenvalue weighted by molar-refractivity contribution is -0.127. The molecule has 0 radical (unpaired) electrons. The van der Waals surface area contributed by atoms with Crippen molar-refractivity contribution < 1.29 is 4.79 Å². The molecule has 1 fully saturated rings. The van der Waals surface area contributed by atoms with E-state index in [2.05, 4.69) is 20.8 Å². The summed E-state index contributed by atoms with van der Waals surface area (Å²) in [6.07, 6.45) is 1.30. The monoisotopic (exact) mass is 228 g/mol. The predicted octanol–water partition coefficient (Wildman–Crippen LogP) is 1.56. The van der Waals surface area contributed by atoms with E-state index in [1.54, 1.807) is 0 Å². The number of hydrogen-bond acceptors (Lipinski definition) is 2. The third-order valence-corrected chi connectivity index (χ3v) is 3.27. The molecule has 2 N–H and O–H groups in total. The van der Waals surface area contributed by atoms with Crippen LogP contribution in [0, 0.1) is 11.3 Å². The van der Waals surface area contributed by atoms with E-state index in [9.17, 15) is 4.79 Å². The predicted molar refractivity (Wildman–Crippen MR) is 65.5 cm³/mol. The molecule has 1 aliphatic heterocycles. The Kier molecular flexibility index (Phi) is 3.71. The van der Waals surface area contributed by atoms with Crippen molar-refractivity contribution in [3.8, 4) is 0 Å². The molecule has 3 nitrogen and oxygen atoms in total. The topological polar surface area (TPSA) is 46.3 Å². The van der Waals surface area contributed by atoms with E-state index in [-0.39, 0.29) is 11.3 Å². The first-order chi connectivity index (χ1) is 6.80. The van der Waals surface area contributed by atoms with E-state index in [0.717, 1.165) is 6.54 Å². The summed E-state index contributed by atoms with van der Waals surface area (Å²) in [6.45, 7) is 8.08. The standard InChI is InChI=1S/C11H20N2OS/c1-11(2,3)8-6-10(14)13(7-8)5-4-9(12)15/h8H,4-7H2,1-3H3,(H2,12,15). The lowest BCUT2D eigenvalue weighted by Crippen LogP contribution is -2.30. The molecule has 0 aromatic carbocycles. The molecule has 15 heavy (non-hydrogen) atoms. The molecular formula is C11H20N2OS. The van der Waals surface area contributed by atoms with Crippen LogP contribution in [0.25, 0.3) is 0 Å². The van der Waals surface area contributed by atoms with Crippen LogP contribution in [0.5, 0.6) is 0 Å². The highest BCUT2D eigenvalue weighted by molar-refractivity contribution is 7.80.